The molecular formula is C27H43F9N8O12. The number of alkyl halides is 9. The summed E-state index contributed by atoms with van der Waals surface area (Å²) in [5.74, 6) is -11.3. The maximum absolute atomic E-state index is 13.3. The van der Waals surface area contributed by atoms with Gasteiger partial charge in [0.25, 0.3) is 0 Å². The fourth-order valence-corrected chi connectivity index (χ4v) is 3.77. The number of hydrogen-bond acceptors (Lipinski definition) is 11. The van der Waals surface area contributed by atoms with E-state index in [0.29, 0.717) is 38.6 Å². The Bertz CT molecular complexity index is 1270. The highest BCUT2D eigenvalue weighted by atomic mass is 19.4. The first kappa shape index (κ1) is 55.1. The minimum Gasteiger partial charge on any atom is -0.480 e. The number of aliphatic imine (C=N–C) groups is 1. The van der Waals surface area contributed by atoms with E-state index >= 15 is 0 Å². The highest BCUT2D eigenvalue weighted by Crippen LogP contribution is 2.21. The molecule has 0 aliphatic carbocycles. The van der Waals surface area contributed by atoms with Gasteiger partial charge < -0.3 is 64.0 Å². The Balaban J connectivity index is -0.00000108. The van der Waals surface area contributed by atoms with E-state index in [-0.39, 0.29) is 31.9 Å². The first-order valence-corrected chi connectivity index (χ1v) is 15.6. The van der Waals surface area contributed by atoms with Crippen molar-refractivity contribution in [2.45, 2.75) is 101 Å². The van der Waals surface area contributed by atoms with Gasteiger partial charge in [0.2, 0.25) is 17.7 Å². The zero-order valence-electron chi connectivity index (χ0n) is 29.2. The third-order valence-corrected chi connectivity index (χ3v) is 6.51. The van der Waals surface area contributed by atoms with Gasteiger partial charge in [0.15, 0.2) is 5.96 Å². The average molecular weight is 843 g/mol. The molecule has 5 unspecified atom stereocenters. The van der Waals surface area contributed by atoms with Gasteiger partial charge in [-0.3, -0.25) is 19.4 Å². The predicted octanol–water partition coefficient (Wildman–Crippen LogP) is -1.18. The van der Waals surface area contributed by atoms with E-state index in [4.69, 9.17) is 52.6 Å². The van der Waals surface area contributed by atoms with Crippen LogP contribution in [0, 0.1) is 0 Å². The van der Waals surface area contributed by atoms with Crippen molar-refractivity contribution < 1.29 is 98.6 Å². The molecule has 0 aromatic carbocycles. The van der Waals surface area contributed by atoms with E-state index in [1.165, 1.54) is 11.8 Å². The Hall–Kier alpha value is -5.19. The molecule has 326 valence electrons. The molecule has 1 rings (SSSR count). The number of rotatable bonds is 15. The van der Waals surface area contributed by atoms with Crippen molar-refractivity contribution in [3.05, 3.63) is 0 Å². The lowest BCUT2D eigenvalue weighted by atomic mass is 10.1. The standard InChI is InChI=1S/C21H40N8O6.3C2HF3O2/c1-12(30)16(23)18(32)27-13(6-2-3-9-22)19(33)29-11-5-8-15(29)17(31)28-14(20(34)35)7-4-10-26-21(24)25;3*3-2(4,5)1(6)7/h12-16,30H,2-11,22-23H2,1H3,(H,27,32)(H,28,31)(H,34,35)(H4,24,25,26);3*(H,6,7). The smallest absolute Gasteiger partial charge is 0.480 e. The number of aliphatic carboxylic acids is 4. The number of hydrogen-bond donors (Lipinski definition) is 11. The minimum atomic E-state index is -5.08. The fraction of sp³-hybridized carbons (Fsp3) is 0.704. The number of amides is 3. The molecule has 3 amide bonds. The molecule has 1 heterocycles. The van der Waals surface area contributed by atoms with E-state index in [1.807, 2.05) is 0 Å². The van der Waals surface area contributed by atoms with E-state index in [1.54, 1.807) is 0 Å². The first-order valence-electron chi connectivity index (χ1n) is 15.6. The molecular weight excluding hydrogens is 799 g/mol. The lowest BCUT2D eigenvalue weighted by Gasteiger charge is -2.30. The van der Waals surface area contributed by atoms with Crippen molar-refractivity contribution in [3.63, 3.8) is 0 Å². The second-order valence-corrected chi connectivity index (χ2v) is 11.1. The Labute approximate surface area is 310 Å². The maximum atomic E-state index is 13.3. The predicted molar refractivity (Wildman–Crippen MR) is 170 cm³/mol. The van der Waals surface area contributed by atoms with Gasteiger partial charge in [-0.1, -0.05) is 0 Å². The van der Waals surface area contributed by atoms with Crippen molar-refractivity contribution in [2.75, 3.05) is 19.6 Å². The van der Waals surface area contributed by atoms with Gasteiger partial charge in [-0.05, 0) is 58.4 Å². The third-order valence-electron chi connectivity index (χ3n) is 6.51. The molecule has 1 fully saturated rings. The van der Waals surface area contributed by atoms with Gasteiger partial charge >= 0.3 is 42.4 Å². The summed E-state index contributed by atoms with van der Waals surface area (Å²) in [6.07, 6.45) is -13.6. The first-order chi connectivity index (χ1) is 25.3. The SMILES string of the molecule is CC(O)C(N)C(=O)NC(CCCCN)C(=O)N1CCCC1C(=O)NC(CCCN=C(N)N)C(=O)O.O=C(O)C(F)(F)F.O=C(O)C(F)(F)F.O=C(O)C(F)(F)F. The number of nitrogens with zero attached hydrogens (tertiary/aromatic N) is 2. The van der Waals surface area contributed by atoms with Crippen LogP contribution >= 0.6 is 0 Å². The number of guanidine groups is 1. The molecule has 0 radical (unpaired) electrons. The molecule has 56 heavy (non-hydrogen) atoms. The topological polar surface area (TPSA) is 364 Å². The van der Waals surface area contributed by atoms with Gasteiger partial charge in [0, 0.05) is 13.1 Å². The van der Waals surface area contributed by atoms with Crippen LogP contribution < -0.4 is 33.6 Å². The summed E-state index contributed by atoms with van der Waals surface area (Å²) in [5, 5.41) is 45.5. The number of halogens is 9. The lowest BCUT2D eigenvalue weighted by molar-refractivity contribution is -0.193. The van der Waals surface area contributed by atoms with Crippen molar-refractivity contribution >= 4 is 47.6 Å². The highest BCUT2D eigenvalue weighted by Gasteiger charge is 2.41. The molecule has 5 atom stereocenters. The van der Waals surface area contributed by atoms with Crippen molar-refractivity contribution in [3.8, 4) is 0 Å². The number of carbonyl (C=O) groups is 7. The molecule has 0 bridgehead atoms. The molecule has 15 N–H and O–H groups in total. The van der Waals surface area contributed by atoms with E-state index in [0.717, 1.165) is 0 Å². The maximum Gasteiger partial charge on any atom is 0.490 e. The second-order valence-electron chi connectivity index (χ2n) is 11.1. The quantitative estimate of drug-likeness (QED) is 0.0400. The van der Waals surface area contributed by atoms with Crippen LogP contribution in [0.2, 0.25) is 0 Å². The molecule has 0 spiro atoms. The van der Waals surface area contributed by atoms with Gasteiger partial charge in [-0.2, -0.15) is 39.5 Å². The van der Waals surface area contributed by atoms with Gasteiger partial charge in [0.05, 0.1) is 6.10 Å². The number of aliphatic hydroxyl groups excluding tert-OH is 1. The molecule has 1 saturated heterocycles. The van der Waals surface area contributed by atoms with Crippen molar-refractivity contribution in [1.29, 1.82) is 0 Å². The Morgan fingerprint density at radius 1 is 0.768 bits per heavy atom. The Morgan fingerprint density at radius 2 is 1.20 bits per heavy atom. The van der Waals surface area contributed by atoms with Crippen LogP contribution in [0.3, 0.4) is 0 Å². The van der Waals surface area contributed by atoms with Crippen molar-refractivity contribution in [1.82, 2.24) is 15.5 Å². The summed E-state index contributed by atoms with van der Waals surface area (Å²) in [5.41, 5.74) is 21.7. The summed E-state index contributed by atoms with van der Waals surface area (Å²) in [6, 6.07) is -4.21. The van der Waals surface area contributed by atoms with E-state index < -0.39 is 90.4 Å². The monoisotopic (exact) mass is 842 g/mol. The van der Waals surface area contributed by atoms with E-state index in [9.17, 15) is 68.9 Å². The number of carboxylic acids is 4. The van der Waals surface area contributed by atoms with E-state index in [2.05, 4.69) is 15.6 Å². The third kappa shape index (κ3) is 25.0. The zero-order chi connectivity index (χ0) is 44.8. The number of likely N-dealkylation sites (tertiary alicyclic amines) is 1. The number of carboxylic acid groups (broad SMARTS) is 4. The van der Waals surface area contributed by atoms with Crippen LogP contribution in [-0.4, -0.2) is 146 Å². The number of carbonyl (C=O) groups excluding carboxylic acids is 3. The normalized spacial score (nSPS) is 15.9. The van der Waals surface area contributed by atoms with Crippen LogP contribution in [0.15, 0.2) is 4.99 Å². The average Bonchev–Trinajstić information content (AvgIpc) is 3.54. The zero-order valence-corrected chi connectivity index (χ0v) is 29.2. The van der Waals surface area contributed by atoms with Gasteiger partial charge in [-0.15, -0.1) is 0 Å². The molecule has 29 heteroatoms. The molecule has 20 nitrogen and oxygen atoms in total. The second kappa shape index (κ2) is 25.8. The van der Waals surface area contributed by atoms with Gasteiger partial charge in [0.1, 0.15) is 24.2 Å². The molecule has 1 aliphatic rings. The highest BCUT2D eigenvalue weighted by molar-refractivity contribution is 5.94. The number of unbranched alkanes of at least 4 members (excludes halogenated alkanes) is 1. The largest absolute Gasteiger partial charge is 0.490 e. The number of nitrogens with two attached hydrogens (primary N) is 4. The van der Waals surface area contributed by atoms with Crippen molar-refractivity contribution in [2.24, 2.45) is 27.9 Å². The summed E-state index contributed by atoms with van der Waals surface area (Å²) in [4.78, 5) is 82.1. The summed E-state index contributed by atoms with van der Waals surface area (Å²) >= 11 is 0. The lowest BCUT2D eigenvalue weighted by Crippen LogP contribution is -2.57. The van der Waals surface area contributed by atoms with Crippen LogP contribution in [0.25, 0.3) is 0 Å². The molecule has 1 aliphatic heterocycles. The Kier molecular flexibility index (Phi) is 25.4. The molecule has 0 aromatic rings. The molecule has 0 saturated carbocycles. The summed E-state index contributed by atoms with van der Waals surface area (Å²) < 4.78 is 95.2. The van der Waals surface area contributed by atoms with Crippen LogP contribution in [0.5, 0.6) is 0 Å². The Morgan fingerprint density at radius 3 is 1.55 bits per heavy atom. The molecule has 0 aromatic heterocycles. The van der Waals surface area contributed by atoms with Crippen LogP contribution in [0.1, 0.15) is 51.9 Å². The minimum absolute atomic E-state index is 0.105. The van der Waals surface area contributed by atoms with Crippen LogP contribution in [-0.2, 0) is 33.6 Å². The number of aliphatic hydroxyl groups is 1. The van der Waals surface area contributed by atoms with Gasteiger partial charge in [-0.25, -0.2) is 19.2 Å². The number of nitrogens with one attached hydrogen (secondary N) is 2. The van der Waals surface area contributed by atoms with Crippen LogP contribution in [0.4, 0.5) is 39.5 Å². The summed E-state index contributed by atoms with van der Waals surface area (Å²) in [7, 11) is 0. The summed E-state index contributed by atoms with van der Waals surface area (Å²) in [6.45, 7) is 2.28. The fourth-order valence-electron chi connectivity index (χ4n) is 3.77.